The standard InChI is InChI=1S/C22H35ClFN7O3/c1-14-11-31(15(2)10-29(14)3)20-18(24)19(25-22(23)26-20)27-28-21(33)17(12-30(34)13-32)9-8-16-6-4-5-7-16/h13-17,34H,4-12H2,1-3H3,(H,28,33)(H,25,26,27)/t14-,15-,17+/m0/s1. The van der Waals surface area contributed by atoms with E-state index in [2.05, 4.69) is 32.6 Å². The fourth-order valence-electron chi connectivity index (χ4n) is 4.81. The van der Waals surface area contributed by atoms with Crippen LogP contribution in [-0.4, -0.2) is 76.2 Å². The first-order valence-corrected chi connectivity index (χ1v) is 12.2. The van der Waals surface area contributed by atoms with Gasteiger partial charge in [0.2, 0.25) is 23.4 Å². The second-order valence-electron chi connectivity index (χ2n) is 9.54. The minimum Gasteiger partial charge on any atom is -0.348 e. The minimum atomic E-state index is -0.715. The number of hydroxylamine groups is 2. The number of piperazine rings is 1. The molecule has 2 aliphatic rings. The largest absolute Gasteiger partial charge is 0.348 e. The molecule has 3 N–H and O–H groups in total. The van der Waals surface area contributed by atoms with Crippen LogP contribution in [0.3, 0.4) is 0 Å². The van der Waals surface area contributed by atoms with Crippen molar-refractivity contribution >= 4 is 35.6 Å². The number of amides is 2. The maximum atomic E-state index is 15.4. The van der Waals surface area contributed by atoms with Crippen molar-refractivity contribution in [1.29, 1.82) is 0 Å². The number of nitrogens with zero attached hydrogens (tertiary/aromatic N) is 5. The summed E-state index contributed by atoms with van der Waals surface area (Å²) in [5, 5.41) is 9.95. The maximum Gasteiger partial charge on any atom is 0.243 e. The Balaban J connectivity index is 1.69. The number of carbonyl (C=O) groups is 2. The molecule has 0 radical (unpaired) electrons. The Morgan fingerprint density at radius 3 is 2.68 bits per heavy atom. The first-order valence-electron chi connectivity index (χ1n) is 11.9. The van der Waals surface area contributed by atoms with Gasteiger partial charge in [0.1, 0.15) is 0 Å². The number of likely N-dealkylation sites (N-methyl/N-ethyl adjacent to an activating group) is 1. The number of rotatable bonds is 10. The van der Waals surface area contributed by atoms with Gasteiger partial charge in [0.25, 0.3) is 0 Å². The fourth-order valence-corrected chi connectivity index (χ4v) is 4.97. The van der Waals surface area contributed by atoms with Crippen molar-refractivity contribution in [2.75, 3.05) is 37.0 Å². The van der Waals surface area contributed by atoms with Gasteiger partial charge in [-0.15, -0.1) is 0 Å². The van der Waals surface area contributed by atoms with Crippen molar-refractivity contribution in [3.05, 3.63) is 11.1 Å². The van der Waals surface area contributed by atoms with Gasteiger partial charge in [-0.1, -0.05) is 25.7 Å². The molecule has 1 aromatic heterocycles. The van der Waals surface area contributed by atoms with Gasteiger partial charge in [0, 0.05) is 25.2 Å². The lowest BCUT2D eigenvalue weighted by atomic mass is 9.94. The van der Waals surface area contributed by atoms with Crippen molar-refractivity contribution in [3.8, 4) is 0 Å². The number of hydrogen-bond acceptors (Lipinski definition) is 8. The van der Waals surface area contributed by atoms with Crippen LogP contribution in [0, 0.1) is 17.7 Å². The molecule has 0 bridgehead atoms. The zero-order valence-electron chi connectivity index (χ0n) is 20.0. The first-order chi connectivity index (χ1) is 16.2. The maximum absolute atomic E-state index is 15.4. The van der Waals surface area contributed by atoms with Gasteiger partial charge in [-0.25, -0.2) is 5.06 Å². The topological polar surface area (TPSA) is 114 Å². The van der Waals surface area contributed by atoms with E-state index in [-0.39, 0.29) is 42.0 Å². The molecular formula is C22H35ClFN7O3. The Hall–Kier alpha value is -2.24. The van der Waals surface area contributed by atoms with Crippen molar-refractivity contribution in [1.82, 2.24) is 25.4 Å². The Morgan fingerprint density at radius 2 is 2.00 bits per heavy atom. The van der Waals surface area contributed by atoms with Crippen LogP contribution < -0.4 is 15.8 Å². The summed E-state index contributed by atoms with van der Waals surface area (Å²) >= 11 is 6.08. The second kappa shape index (κ2) is 11.9. The predicted octanol–water partition coefficient (Wildman–Crippen LogP) is 2.68. The molecule has 3 rings (SSSR count). The SMILES string of the molecule is C[C@H]1CN(c2nc(Cl)nc(NNC(=O)[C@H](CCC3CCCC3)CN(O)C=O)c2F)[C@@H](C)CN1C. The lowest BCUT2D eigenvalue weighted by Gasteiger charge is -2.43. The van der Waals surface area contributed by atoms with E-state index in [0.29, 0.717) is 23.9 Å². The normalized spacial score (nSPS) is 22.5. The van der Waals surface area contributed by atoms with Crippen molar-refractivity contribution < 1.29 is 19.2 Å². The number of anilines is 2. The van der Waals surface area contributed by atoms with Crippen molar-refractivity contribution in [2.45, 2.75) is 64.5 Å². The molecule has 2 heterocycles. The number of hydrazine groups is 1. The van der Waals surface area contributed by atoms with Crippen LogP contribution in [0.15, 0.2) is 0 Å². The third-order valence-corrected chi connectivity index (χ3v) is 7.15. The summed E-state index contributed by atoms with van der Waals surface area (Å²) in [5.74, 6) is -1.48. The number of halogens is 2. The van der Waals surface area contributed by atoms with E-state index in [1.54, 1.807) is 0 Å². The second-order valence-corrected chi connectivity index (χ2v) is 9.87. The van der Waals surface area contributed by atoms with Gasteiger partial charge < -0.3 is 4.90 Å². The highest BCUT2D eigenvalue weighted by Crippen LogP contribution is 2.30. The fraction of sp³-hybridized carbons (Fsp3) is 0.727. The highest BCUT2D eigenvalue weighted by molar-refractivity contribution is 6.28. The molecule has 0 unspecified atom stereocenters. The average molecular weight is 500 g/mol. The predicted molar refractivity (Wildman–Crippen MR) is 127 cm³/mol. The van der Waals surface area contributed by atoms with Gasteiger partial charge in [-0.3, -0.25) is 30.5 Å². The average Bonchev–Trinajstić information content (AvgIpc) is 3.32. The molecule has 1 aromatic rings. The lowest BCUT2D eigenvalue weighted by Crippen LogP contribution is -2.55. The first kappa shape index (κ1) is 26.4. The van der Waals surface area contributed by atoms with Gasteiger partial charge in [0.15, 0.2) is 11.6 Å². The molecule has 1 saturated heterocycles. The van der Waals surface area contributed by atoms with Gasteiger partial charge in [-0.05, 0) is 51.3 Å². The third kappa shape index (κ3) is 6.67. The summed E-state index contributed by atoms with van der Waals surface area (Å²) in [5.41, 5.74) is 5.00. The number of aromatic nitrogens is 2. The van der Waals surface area contributed by atoms with E-state index in [9.17, 15) is 14.8 Å². The van der Waals surface area contributed by atoms with E-state index >= 15 is 4.39 Å². The van der Waals surface area contributed by atoms with E-state index in [4.69, 9.17) is 11.6 Å². The molecule has 0 spiro atoms. The zero-order valence-corrected chi connectivity index (χ0v) is 20.8. The molecule has 2 fully saturated rings. The molecule has 1 aliphatic carbocycles. The molecule has 12 heteroatoms. The van der Waals surface area contributed by atoms with E-state index in [1.165, 1.54) is 12.8 Å². The van der Waals surface area contributed by atoms with Crippen molar-refractivity contribution in [3.63, 3.8) is 0 Å². The molecule has 190 valence electrons. The van der Waals surface area contributed by atoms with E-state index in [1.807, 2.05) is 18.9 Å². The Labute approximate surface area is 204 Å². The quantitative estimate of drug-likeness (QED) is 0.195. The molecule has 1 saturated carbocycles. The summed E-state index contributed by atoms with van der Waals surface area (Å²) in [7, 11) is 2.02. The minimum absolute atomic E-state index is 0.00274. The summed E-state index contributed by atoms with van der Waals surface area (Å²) in [6.07, 6.45) is 6.20. The molecule has 3 atom stereocenters. The van der Waals surface area contributed by atoms with Crippen LogP contribution in [-0.2, 0) is 9.59 Å². The molecule has 0 aromatic carbocycles. The van der Waals surface area contributed by atoms with Crippen LogP contribution >= 0.6 is 11.6 Å². The lowest BCUT2D eigenvalue weighted by molar-refractivity contribution is -0.154. The van der Waals surface area contributed by atoms with E-state index in [0.717, 1.165) is 25.8 Å². The van der Waals surface area contributed by atoms with Crippen LogP contribution in [0.1, 0.15) is 52.4 Å². The Bertz CT molecular complexity index is 858. The van der Waals surface area contributed by atoms with Crippen molar-refractivity contribution in [2.24, 2.45) is 11.8 Å². The summed E-state index contributed by atoms with van der Waals surface area (Å²) in [6, 6.07) is 0.197. The molecule has 2 amide bonds. The Morgan fingerprint density at radius 1 is 1.29 bits per heavy atom. The third-order valence-electron chi connectivity index (χ3n) is 6.98. The summed E-state index contributed by atoms with van der Waals surface area (Å²) < 4.78 is 15.4. The number of hydrogen-bond donors (Lipinski definition) is 3. The smallest absolute Gasteiger partial charge is 0.243 e. The summed E-state index contributed by atoms with van der Waals surface area (Å²) in [4.78, 5) is 35.8. The monoisotopic (exact) mass is 499 g/mol. The molecular weight excluding hydrogens is 465 g/mol. The van der Waals surface area contributed by atoms with Gasteiger partial charge >= 0.3 is 0 Å². The van der Waals surface area contributed by atoms with Crippen LogP contribution in [0.5, 0.6) is 0 Å². The van der Waals surface area contributed by atoms with Crippen LogP contribution in [0.25, 0.3) is 0 Å². The molecule has 1 aliphatic heterocycles. The highest BCUT2D eigenvalue weighted by Gasteiger charge is 2.31. The highest BCUT2D eigenvalue weighted by atomic mass is 35.5. The van der Waals surface area contributed by atoms with Gasteiger partial charge in [0.05, 0.1) is 12.5 Å². The van der Waals surface area contributed by atoms with Crippen LogP contribution in [0.2, 0.25) is 5.28 Å². The van der Waals surface area contributed by atoms with E-state index < -0.39 is 17.6 Å². The zero-order chi connectivity index (χ0) is 24.8. The molecule has 10 nitrogen and oxygen atoms in total. The summed E-state index contributed by atoms with van der Waals surface area (Å²) in [6.45, 7) is 5.18. The molecule has 34 heavy (non-hydrogen) atoms. The Kier molecular flexibility index (Phi) is 9.26. The number of nitrogens with one attached hydrogen (secondary N) is 2. The van der Waals surface area contributed by atoms with Gasteiger partial charge in [-0.2, -0.15) is 14.4 Å². The number of carbonyl (C=O) groups excluding carboxylic acids is 2. The van der Waals surface area contributed by atoms with Crippen LogP contribution in [0.4, 0.5) is 16.0 Å².